The number of hydrogen-bond donors (Lipinski definition) is 1. The van der Waals surface area contributed by atoms with E-state index in [2.05, 4.69) is 17.4 Å². The van der Waals surface area contributed by atoms with Gasteiger partial charge in [-0.2, -0.15) is 0 Å². The maximum absolute atomic E-state index is 11.8. The molecule has 0 aliphatic carbocycles. The molecule has 1 N–H and O–H groups in total. The van der Waals surface area contributed by atoms with E-state index in [9.17, 15) is 4.79 Å². The summed E-state index contributed by atoms with van der Waals surface area (Å²) < 4.78 is 5.02. The van der Waals surface area contributed by atoms with Crippen molar-refractivity contribution < 1.29 is 9.21 Å². The molecule has 0 aliphatic heterocycles. The Morgan fingerprint density at radius 2 is 2.10 bits per heavy atom. The first-order valence-electron chi connectivity index (χ1n) is 6.72. The van der Waals surface area contributed by atoms with Crippen LogP contribution in [0.15, 0.2) is 58.2 Å². The first kappa shape index (κ1) is 14.7. The molecule has 1 aromatic carbocycles. The van der Waals surface area contributed by atoms with Crippen LogP contribution in [0.2, 0.25) is 0 Å². The van der Waals surface area contributed by atoms with E-state index < -0.39 is 0 Å². The standard InChI is InChI=1S/C16H19NO2S/c1-13(11-14-7-9-19-12-14)17-16(18)8-10-20-15-5-3-2-4-6-15/h2-7,9,12-13H,8,10-11H2,1H3,(H,17,18). The summed E-state index contributed by atoms with van der Waals surface area (Å²) >= 11 is 1.71. The van der Waals surface area contributed by atoms with Crippen molar-refractivity contribution in [1.82, 2.24) is 5.32 Å². The Morgan fingerprint density at radius 1 is 1.30 bits per heavy atom. The number of rotatable bonds is 7. The van der Waals surface area contributed by atoms with E-state index in [1.807, 2.05) is 31.2 Å². The molecule has 2 rings (SSSR count). The quantitative estimate of drug-likeness (QED) is 0.793. The van der Waals surface area contributed by atoms with Gasteiger partial charge in [-0.15, -0.1) is 11.8 Å². The maximum atomic E-state index is 11.8. The summed E-state index contributed by atoms with van der Waals surface area (Å²) in [5.74, 6) is 0.901. The number of carbonyl (C=O) groups is 1. The summed E-state index contributed by atoms with van der Waals surface area (Å²) in [6.45, 7) is 2.01. The molecule has 1 amide bonds. The third-order valence-corrected chi connectivity index (χ3v) is 3.88. The lowest BCUT2D eigenvalue weighted by Gasteiger charge is -2.12. The molecule has 1 aromatic heterocycles. The molecular weight excluding hydrogens is 270 g/mol. The van der Waals surface area contributed by atoms with Crippen LogP contribution in [0.3, 0.4) is 0 Å². The Bertz CT molecular complexity index is 511. The molecule has 1 heterocycles. The minimum absolute atomic E-state index is 0.101. The first-order valence-corrected chi connectivity index (χ1v) is 7.71. The zero-order valence-corrected chi connectivity index (χ0v) is 12.4. The fourth-order valence-corrected chi connectivity index (χ4v) is 2.81. The average Bonchev–Trinajstić information content (AvgIpc) is 2.92. The van der Waals surface area contributed by atoms with Crippen LogP contribution in [0.5, 0.6) is 0 Å². The highest BCUT2D eigenvalue weighted by Gasteiger charge is 2.08. The smallest absolute Gasteiger partial charge is 0.221 e. The Hall–Kier alpha value is -1.68. The lowest BCUT2D eigenvalue weighted by atomic mass is 10.1. The van der Waals surface area contributed by atoms with Gasteiger partial charge >= 0.3 is 0 Å². The van der Waals surface area contributed by atoms with Crippen LogP contribution in [0.4, 0.5) is 0 Å². The molecule has 2 aromatic rings. The molecule has 0 aliphatic rings. The van der Waals surface area contributed by atoms with E-state index in [4.69, 9.17) is 4.42 Å². The van der Waals surface area contributed by atoms with Gasteiger partial charge in [-0.25, -0.2) is 0 Å². The predicted octanol–water partition coefficient (Wildman–Crippen LogP) is 3.51. The lowest BCUT2D eigenvalue weighted by Crippen LogP contribution is -2.34. The van der Waals surface area contributed by atoms with Crippen LogP contribution < -0.4 is 5.32 Å². The van der Waals surface area contributed by atoms with Gasteiger partial charge in [-0.3, -0.25) is 4.79 Å². The highest BCUT2D eigenvalue weighted by molar-refractivity contribution is 7.99. The van der Waals surface area contributed by atoms with Crippen LogP contribution in [0.1, 0.15) is 18.9 Å². The van der Waals surface area contributed by atoms with Gasteiger partial charge in [-0.1, -0.05) is 18.2 Å². The molecule has 20 heavy (non-hydrogen) atoms. The molecule has 0 bridgehead atoms. The molecule has 0 radical (unpaired) electrons. The van der Waals surface area contributed by atoms with Crippen molar-refractivity contribution >= 4 is 17.7 Å². The van der Waals surface area contributed by atoms with E-state index in [0.717, 1.165) is 17.7 Å². The number of hydrogen-bond acceptors (Lipinski definition) is 3. The Morgan fingerprint density at radius 3 is 2.80 bits per heavy atom. The minimum atomic E-state index is 0.101. The summed E-state index contributed by atoms with van der Waals surface area (Å²) in [6.07, 6.45) is 4.71. The number of benzene rings is 1. The topological polar surface area (TPSA) is 42.2 Å². The zero-order valence-electron chi connectivity index (χ0n) is 11.5. The minimum Gasteiger partial charge on any atom is -0.472 e. The van der Waals surface area contributed by atoms with Crippen molar-refractivity contribution in [3.63, 3.8) is 0 Å². The molecule has 0 fully saturated rings. The van der Waals surface area contributed by atoms with Gasteiger partial charge in [0.05, 0.1) is 12.5 Å². The molecule has 1 unspecified atom stereocenters. The van der Waals surface area contributed by atoms with Crippen LogP contribution in [-0.2, 0) is 11.2 Å². The number of carbonyl (C=O) groups excluding carboxylic acids is 1. The van der Waals surface area contributed by atoms with Gasteiger partial charge < -0.3 is 9.73 Å². The van der Waals surface area contributed by atoms with Crippen LogP contribution >= 0.6 is 11.8 Å². The average molecular weight is 289 g/mol. The predicted molar refractivity (Wildman–Crippen MR) is 81.8 cm³/mol. The van der Waals surface area contributed by atoms with E-state index in [1.165, 1.54) is 4.90 Å². The van der Waals surface area contributed by atoms with Crippen molar-refractivity contribution in [1.29, 1.82) is 0 Å². The summed E-state index contributed by atoms with van der Waals surface area (Å²) in [4.78, 5) is 13.0. The van der Waals surface area contributed by atoms with Gasteiger partial charge in [0.1, 0.15) is 0 Å². The fourth-order valence-electron chi connectivity index (χ4n) is 1.94. The molecule has 0 spiro atoms. The largest absolute Gasteiger partial charge is 0.472 e. The lowest BCUT2D eigenvalue weighted by molar-refractivity contribution is -0.121. The van der Waals surface area contributed by atoms with Gasteiger partial charge in [0.2, 0.25) is 5.91 Å². The van der Waals surface area contributed by atoms with Gasteiger partial charge in [0, 0.05) is 23.1 Å². The van der Waals surface area contributed by atoms with Crippen LogP contribution in [-0.4, -0.2) is 17.7 Å². The van der Waals surface area contributed by atoms with Crippen LogP contribution in [0.25, 0.3) is 0 Å². The second-order valence-electron chi connectivity index (χ2n) is 4.72. The third-order valence-electron chi connectivity index (χ3n) is 2.87. The van der Waals surface area contributed by atoms with Crippen molar-refractivity contribution in [2.75, 3.05) is 5.75 Å². The molecule has 0 saturated heterocycles. The number of amides is 1. The normalized spacial score (nSPS) is 12.1. The Balaban J connectivity index is 1.65. The Kier molecular flexibility index (Phi) is 5.74. The SMILES string of the molecule is CC(Cc1ccoc1)NC(=O)CCSc1ccccc1. The molecule has 3 nitrogen and oxygen atoms in total. The molecule has 0 saturated carbocycles. The first-order chi connectivity index (χ1) is 9.74. The van der Waals surface area contributed by atoms with Gasteiger partial charge in [0.15, 0.2) is 0 Å². The van der Waals surface area contributed by atoms with Crippen LogP contribution in [0, 0.1) is 0 Å². The summed E-state index contributed by atoms with van der Waals surface area (Å²) in [5.41, 5.74) is 1.11. The highest BCUT2D eigenvalue weighted by atomic mass is 32.2. The summed E-state index contributed by atoms with van der Waals surface area (Å²) in [6, 6.07) is 12.2. The maximum Gasteiger partial charge on any atom is 0.221 e. The number of furan rings is 1. The number of thioether (sulfide) groups is 1. The van der Waals surface area contributed by atoms with Crippen molar-refractivity contribution in [3.05, 3.63) is 54.5 Å². The molecule has 106 valence electrons. The zero-order chi connectivity index (χ0) is 14.2. The van der Waals surface area contributed by atoms with E-state index in [1.54, 1.807) is 24.3 Å². The highest BCUT2D eigenvalue weighted by Crippen LogP contribution is 2.17. The van der Waals surface area contributed by atoms with E-state index in [-0.39, 0.29) is 11.9 Å². The second kappa shape index (κ2) is 7.80. The monoisotopic (exact) mass is 289 g/mol. The molecular formula is C16H19NO2S. The van der Waals surface area contributed by atoms with E-state index >= 15 is 0 Å². The summed E-state index contributed by atoms with van der Waals surface area (Å²) in [7, 11) is 0. The van der Waals surface area contributed by atoms with Gasteiger partial charge in [-0.05, 0) is 37.1 Å². The third kappa shape index (κ3) is 5.13. The van der Waals surface area contributed by atoms with E-state index in [0.29, 0.717) is 6.42 Å². The summed E-state index contributed by atoms with van der Waals surface area (Å²) in [5, 5.41) is 3.01. The second-order valence-corrected chi connectivity index (χ2v) is 5.88. The van der Waals surface area contributed by atoms with Crippen molar-refractivity contribution in [2.24, 2.45) is 0 Å². The number of nitrogens with one attached hydrogen (secondary N) is 1. The van der Waals surface area contributed by atoms with Gasteiger partial charge in [0.25, 0.3) is 0 Å². The molecule has 4 heteroatoms. The van der Waals surface area contributed by atoms with Crippen molar-refractivity contribution in [3.8, 4) is 0 Å². The fraction of sp³-hybridized carbons (Fsp3) is 0.312. The Labute approximate surface area is 123 Å². The molecule has 1 atom stereocenters. The van der Waals surface area contributed by atoms with Crippen molar-refractivity contribution in [2.45, 2.75) is 30.7 Å².